The molecule has 0 atom stereocenters. The normalized spacial score (nSPS) is 13.4. The van der Waals surface area contributed by atoms with Crippen LogP contribution in [0.15, 0.2) is 191 Å². The molecule has 10 aromatic carbocycles. The number of rotatable bonds is 3. The lowest BCUT2D eigenvalue weighted by molar-refractivity contribution is 0.660. The van der Waals surface area contributed by atoms with E-state index in [-0.39, 0.29) is 5.41 Å². The fourth-order valence-electron chi connectivity index (χ4n) is 10.4. The highest BCUT2D eigenvalue weighted by Gasteiger charge is 2.36. The fourth-order valence-corrected chi connectivity index (χ4v) is 10.4. The minimum Gasteiger partial charge on any atom is -0.456 e. The van der Waals surface area contributed by atoms with Crippen LogP contribution in [0.25, 0.3) is 121 Å². The molecule has 0 unspecified atom stereocenters. The summed E-state index contributed by atoms with van der Waals surface area (Å²) in [5, 5.41) is 12.0. The molecule has 0 aliphatic heterocycles. The Hall–Kier alpha value is -7.42. The van der Waals surface area contributed by atoms with Gasteiger partial charge in [0.05, 0.1) is 0 Å². The zero-order valence-corrected chi connectivity index (χ0v) is 32.6. The molecular weight excluding hydrogens is 717 g/mol. The topological polar surface area (TPSA) is 26.3 Å². The predicted octanol–water partition coefficient (Wildman–Crippen LogP) is 16.3. The van der Waals surface area contributed by atoms with Crippen LogP contribution in [0.1, 0.15) is 25.0 Å². The average molecular weight is 753 g/mol. The van der Waals surface area contributed by atoms with E-state index in [9.17, 15) is 0 Å². The van der Waals surface area contributed by atoms with Gasteiger partial charge in [0.25, 0.3) is 0 Å². The van der Waals surface area contributed by atoms with Crippen LogP contribution in [0.5, 0.6) is 0 Å². The quantitative estimate of drug-likeness (QED) is 0.168. The largest absolute Gasteiger partial charge is 0.456 e. The van der Waals surface area contributed by atoms with Crippen LogP contribution in [0.4, 0.5) is 0 Å². The number of benzene rings is 10. The van der Waals surface area contributed by atoms with Gasteiger partial charge in [-0.3, -0.25) is 0 Å². The van der Waals surface area contributed by atoms with Gasteiger partial charge >= 0.3 is 0 Å². The molecule has 12 aromatic rings. The van der Waals surface area contributed by atoms with E-state index in [0.717, 1.165) is 49.4 Å². The molecule has 0 radical (unpaired) electrons. The van der Waals surface area contributed by atoms with E-state index in [0.29, 0.717) is 0 Å². The van der Waals surface area contributed by atoms with Crippen LogP contribution in [0.2, 0.25) is 0 Å². The highest BCUT2D eigenvalue weighted by molar-refractivity contribution is 6.26. The lowest BCUT2D eigenvalue weighted by atomic mass is 9.80. The van der Waals surface area contributed by atoms with Crippen LogP contribution in [-0.2, 0) is 5.41 Å². The van der Waals surface area contributed by atoms with Crippen molar-refractivity contribution in [1.82, 2.24) is 0 Å². The third kappa shape index (κ3) is 4.57. The van der Waals surface area contributed by atoms with Gasteiger partial charge in [0, 0.05) is 27.0 Å². The highest BCUT2D eigenvalue weighted by Crippen LogP contribution is 2.52. The molecular formula is C57H36O2. The molecule has 2 heterocycles. The second-order valence-corrected chi connectivity index (χ2v) is 16.8. The molecule has 2 heteroatoms. The predicted molar refractivity (Wildman–Crippen MR) is 247 cm³/mol. The van der Waals surface area contributed by atoms with Crippen LogP contribution in [0, 0.1) is 0 Å². The minimum atomic E-state index is -0.169. The summed E-state index contributed by atoms with van der Waals surface area (Å²) in [5.41, 5.74) is 16.1. The molecule has 0 bridgehead atoms. The molecule has 0 saturated carbocycles. The van der Waals surface area contributed by atoms with Crippen LogP contribution in [-0.4, -0.2) is 0 Å². The van der Waals surface area contributed by atoms with Gasteiger partial charge < -0.3 is 8.83 Å². The first kappa shape index (κ1) is 32.6. The first-order valence-electron chi connectivity index (χ1n) is 20.5. The summed E-state index contributed by atoms with van der Waals surface area (Å²) in [6.45, 7) is 4.75. The molecule has 2 nitrogen and oxygen atoms in total. The number of furan rings is 2. The molecule has 2 aromatic heterocycles. The molecule has 13 rings (SSSR count). The van der Waals surface area contributed by atoms with Gasteiger partial charge in [-0.25, -0.2) is 0 Å². The first-order valence-corrected chi connectivity index (χ1v) is 20.5. The number of hydrogen-bond acceptors (Lipinski definition) is 2. The smallest absolute Gasteiger partial charge is 0.136 e. The van der Waals surface area contributed by atoms with E-state index < -0.39 is 0 Å². The van der Waals surface area contributed by atoms with Crippen LogP contribution >= 0.6 is 0 Å². The molecule has 0 amide bonds. The Labute approximate surface area is 340 Å². The summed E-state index contributed by atoms with van der Waals surface area (Å²) in [6, 6.07) is 66.6. The van der Waals surface area contributed by atoms with Crippen molar-refractivity contribution in [3.8, 4) is 44.5 Å². The summed E-state index contributed by atoms with van der Waals surface area (Å²) >= 11 is 0. The van der Waals surface area contributed by atoms with Crippen molar-refractivity contribution in [2.45, 2.75) is 19.3 Å². The maximum Gasteiger partial charge on any atom is 0.136 e. The Balaban J connectivity index is 0.948. The lowest BCUT2D eigenvalue weighted by Crippen LogP contribution is -2.15. The summed E-state index contributed by atoms with van der Waals surface area (Å²) in [4.78, 5) is 0. The van der Waals surface area contributed by atoms with Crippen molar-refractivity contribution in [2.24, 2.45) is 0 Å². The standard InChI is InChI=1S/C57H36O2/c1-57(2)47-26-23-35(36-21-25-45-52(32-36)59-51-28-27-50-55(56(45)51)44-17-9-10-18-49(44)58-50)30-46(47)39-24-22-38(31-48(39)57)54-42-15-7-5-13-40(42)53(41-14-6-8-16-43(41)54)37-20-19-33-11-3-4-12-34(33)29-37/h3-32H,1-2H3. The summed E-state index contributed by atoms with van der Waals surface area (Å²) < 4.78 is 12.8. The molecule has 1 aliphatic carbocycles. The monoisotopic (exact) mass is 752 g/mol. The van der Waals surface area contributed by atoms with E-state index in [2.05, 4.69) is 172 Å². The number of fused-ring (bicyclic) bond motifs is 13. The molecule has 1 aliphatic rings. The van der Waals surface area contributed by atoms with Crippen LogP contribution < -0.4 is 0 Å². The molecule has 0 N–H and O–H groups in total. The molecule has 0 saturated heterocycles. The van der Waals surface area contributed by atoms with E-state index >= 15 is 0 Å². The van der Waals surface area contributed by atoms with Crippen molar-refractivity contribution in [3.05, 3.63) is 193 Å². The second-order valence-electron chi connectivity index (χ2n) is 16.8. The van der Waals surface area contributed by atoms with Crippen molar-refractivity contribution < 1.29 is 8.83 Å². The zero-order valence-electron chi connectivity index (χ0n) is 32.6. The maximum absolute atomic E-state index is 6.55. The van der Waals surface area contributed by atoms with Gasteiger partial charge in [0.2, 0.25) is 0 Å². The fraction of sp³-hybridized carbons (Fsp3) is 0.0526. The number of hydrogen-bond donors (Lipinski definition) is 0. The zero-order chi connectivity index (χ0) is 39.0. The van der Waals surface area contributed by atoms with E-state index in [4.69, 9.17) is 8.83 Å². The van der Waals surface area contributed by atoms with E-state index in [1.807, 2.05) is 24.3 Å². The van der Waals surface area contributed by atoms with Gasteiger partial charge in [-0.2, -0.15) is 0 Å². The van der Waals surface area contributed by atoms with Crippen molar-refractivity contribution in [3.63, 3.8) is 0 Å². The minimum absolute atomic E-state index is 0.169. The van der Waals surface area contributed by atoms with Crippen molar-refractivity contribution in [2.75, 3.05) is 0 Å². The Morgan fingerprint density at radius 3 is 1.56 bits per heavy atom. The third-order valence-electron chi connectivity index (χ3n) is 13.2. The molecule has 0 spiro atoms. The van der Waals surface area contributed by atoms with Gasteiger partial charge in [0.15, 0.2) is 0 Å². The van der Waals surface area contributed by atoms with Gasteiger partial charge in [-0.15, -0.1) is 0 Å². The second kappa shape index (κ2) is 11.8. The Bertz CT molecular complexity index is 3700. The van der Waals surface area contributed by atoms with Crippen molar-refractivity contribution >= 4 is 76.2 Å². The Morgan fingerprint density at radius 1 is 0.322 bits per heavy atom. The lowest BCUT2D eigenvalue weighted by Gasteiger charge is -2.23. The SMILES string of the molecule is CC1(C)c2ccc(-c3ccc4c(c3)oc3ccc5oc6ccccc6c5c34)cc2-c2ccc(-c3c4ccccc4c(-c4ccc5ccccc5c4)c4ccccc34)cc21. The highest BCUT2D eigenvalue weighted by atomic mass is 16.3. The first-order chi connectivity index (χ1) is 29.0. The molecule has 276 valence electrons. The van der Waals surface area contributed by atoms with E-state index in [1.165, 1.54) is 82.4 Å². The molecule has 0 fully saturated rings. The maximum atomic E-state index is 6.55. The Kier molecular flexibility index (Phi) is 6.54. The summed E-state index contributed by atoms with van der Waals surface area (Å²) in [7, 11) is 0. The summed E-state index contributed by atoms with van der Waals surface area (Å²) in [5.74, 6) is 0. The van der Waals surface area contributed by atoms with E-state index in [1.54, 1.807) is 0 Å². The number of para-hydroxylation sites is 1. The Morgan fingerprint density at radius 2 is 0.847 bits per heavy atom. The third-order valence-corrected chi connectivity index (χ3v) is 13.2. The van der Waals surface area contributed by atoms with Crippen LogP contribution in [0.3, 0.4) is 0 Å². The van der Waals surface area contributed by atoms with Gasteiger partial charge in [-0.05, 0) is 136 Å². The van der Waals surface area contributed by atoms with Gasteiger partial charge in [0.1, 0.15) is 22.3 Å². The van der Waals surface area contributed by atoms with Crippen molar-refractivity contribution in [1.29, 1.82) is 0 Å². The average Bonchev–Trinajstić information content (AvgIpc) is 3.92. The molecule has 59 heavy (non-hydrogen) atoms. The van der Waals surface area contributed by atoms with Gasteiger partial charge in [-0.1, -0.05) is 147 Å². The summed E-state index contributed by atoms with van der Waals surface area (Å²) in [6.07, 6.45) is 0.